The van der Waals surface area contributed by atoms with Crippen LogP contribution in [0.3, 0.4) is 0 Å². The van der Waals surface area contributed by atoms with Crippen LogP contribution in [-0.2, 0) is 48.7 Å². The summed E-state index contributed by atoms with van der Waals surface area (Å²) in [5.41, 5.74) is 6.50. The van der Waals surface area contributed by atoms with Gasteiger partial charge in [0.2, 0.25) is 0 Å². The minimum absolute atomic E-state index is 0.139. The number of aliphatic hydroxyl groups excluding tert-OH is 5. The molecule has 0 amide bonds. The molecule has 5 unspecified atom stereocenters. The average Bonchev–Trinajstić information content (AvgIpc) is 3.52. The first-order chi connectivity index (χ1) is 19.7. The van der Waals surface area contributed by atoms with Crippen LogP contribution >= 0.6 is 14.5 Å². The van der Waals surface area contributed by atoms with E-state index in [1.54, 1.807) is 0 Å². The van der Waals surface area contributed by atoms with Crippen LogP contribution in [0.5, 0.6) is 0 Å². The lowest BCUT2D eigenvalue weighted by Gasteiger charge is -2.41. The molecule has 9 N–H and O–H groups in total. The highest BCUT2D eigenvalue weighted by atomic mass is 32.5. The summed E-state index contributed by atoms with van der Waals surface area (Å²) in [6.45, 7) is -6.05. The van der Waals surface area contributed by atoms with Gasteiger partial charge in [-0.1, -0.05) is 0 Å². The number of fused-ring (bicyclic) bond motifs is 1. The Kier molecular flexibility index (Phi) is 10.7. The normalized spacial score (nSPS) is 35.6. The summed E-state index contributed by atoms with van der Waals surface area (Å²) < 4.78 is 50.9. The van der Waals surface area contributed by atoms with E-state index in [9.17, 15) is 34.8 Å². The highest BCUT2D eigenvalue weighted by molar-refractivity contribution is 8.08. The molecule has 0 aliphatic carbocycles. The van der Waals surface area contributed by atoms with Gasteiger partial charge in [0.05, 0.1) is 19.5 Å². The number of hydrogen-bond acceptors (Lipinski definition) is 18. The quantitative estimate of drug-likeness (QED) is 0.104. The lowest BCUT2D eigenvalue weighted by atomic mass is 9.96. The van der Waals surface area contributed by atoms with Gasteiger partial charge >= 0.3 is 14.5 Å². The Bertz CT molecular complexity index is 1330. The van der Waals surface area contributed by atoms with Crippen LogP contribution in [0.25, 0.3) is 11.2 Å². The fourth-order valence-corrected chi connectivity index (χ4v) is 7.61. The predicted molar refractivity (Wildman–Crippen MR) is 139 cm³/mol. The minimum Gasteiger partial charge on any atom is -0.394 e. The number of nitrogens with two attached hydrogens (primary N) is 1. The molecule has 2 fully saturated rings. The minimum atomic E-state index is -5.40. The first-order valence-electron chi connectivity index (χ1n) is 12.1. The van der Waals surface area contributed by atoms with Gasteiger partial charge in [-0.25, -0.2) is 23.8 Å². The second-order valence-corrected chi connectivity index (χ2v) is 13.5. The van der Waals surface area contributed by atoms with E-state index >= 15 is 0 Å². The molecule has 0 aromatic carbocycles. The number of nitrogen functional groups attached to an aromatic ring is 1. The monoisotopic (exact) mass is 663 g/mol. The number of ether oxygens (including phenoxy) is 4. The Labute approximate surface area is 242 Å². The number of hydrogen-bond donors (Lipinski definition) is 8. The molecular formula is C19H31N5O15P2S. The zero-order valence-electron chi connectivity index (χ0n) is 21.9. The molecule has 2 aliphatic heterocycles. The smallest absolute Gasteiger partial charge is 0.394 e. The fourth-order valence-electron chi connectivity index (χ4n) is 4.51. The lowest BCUT2D eigenvalue weighted by molar-refractivity contribution is -0.292. The van der Waals surface area contributed by atoms with E-state index in [1.165, 1.54) is 31.4 Å². The summed E-state index contributed by atoms with van der Waals surface area (Å²) in [5, 5.41) is 49.0. The number of phosphoric acid groups is 1. The van der Waals surface area contributed by atoms with Crippen LogP contribution in [-0.4, -0.2) is 137 Å². The van der Waals surface area contributed by atoms with Gasteiger partial charge in [0.1, 0.15) is 60.7 Å². The van der Waals surface area contributed by atoms with Crippen LogP contribution in [0.15, 0.2) is 12.7 Å². The van der Waals surface area contributed by atoms with Crippen molar-refractivity contribution >= 4 is 43.3 Å². The van der Waals surface area contributed by atoms with Crippen LogP contribution in [0, 0.1) is 0 Å². The Balaban J connectivity index is 1.43. The first kappa shape index (κ1) is 33.6. The second-order valence-electron chi connectivity index (χ2n) is 9.16. The number of nitrogens with zero attached hydrogens (tertiary/aromatic N) is 4. The predicted octanol–water partition coefficient (Wildman–Crippen LogP) is -3.14. The largest absolute Gasteiger partial charge is 0.481 e. The first-order valence-corrected chi connectivity index (χ1v) is 16.1. The summed E-state index contributed by atoms with van der Waals surface area (Å²) in [7, 11) is -2.64. The number of methoxy groups -OCH3 is 2. The summed E-state index contributed by atoms with van der Waals surface area (Å²) >= 11 is 4.84. The Morgan fingerprint density at radius 2 is 1.79 bits per heavy atom. The molecule has 0 bridgehead atoms. The Hall–Kier alpha value is -1.33. The molecule has 238 valence electrons. The average molecular weight is 663 g/mol. The van der Waals surface area contributed by atoms with Crippen molar-refractivity contribution < 1.29 is 72.2 Å². The number of anilines is 1. The van der Waals surface area contributed by atoms with E-state index in [4.69, 9.17) is 50.6 Å². The van der Waals surface area contributed by atoms with Crippen LogP contribution in [0.4, 0.5) is 5.82 Å². The number of aliphatic hydroxyl groups is 5. The Morgan fingerprint density at radius 3 is 2.43 bits per heavy atom. The molecular weight excluding hydrogens is 632 g/mol. The highest BCUT2D eigenvalue weighted by Gasteiger charge is 2.51. The van der Waals surface area contributed by atoms with Crippen LogP contribution in [0.2, 0.25) is 0 Å². The van der Waals surface area contributed by atoms with Crippen molar-refractivity contribution in [2.24, 2.45) is 0 Å². The molecule has 12 atom stereocenters. The van der Waals surface area contributed by atoms with Gasteiger partial charge in [0.15, 0.2) is 24.0 Å². The number of rotatable bonds is 12. The maximum Gasteiger partial charge on any atom is 0.481 e. The number of imidazole rings is 1. The summed E-state index contributed by atoms with van der Waals surface area (Å²) in [5.74, 6) is 0.139. The van der Waals surface area contributed by atoms with Gasteiger partial charge in [-0.15, -0.1) is 0 Å². The maximum atomic E-state index is 12.6. The van der Waals surface area contributed by atoms with Crippen LogP contribution < -0.4 is 5.73 Å². The second kappa shape index (κ2) is 13.3. The lowest BCUT2D eigenvalue weighted by Crippen LogP contribution is -2.61. The van der Waals surface area contributed by atoms with Crippen LogP contribution in [0.1, 0.15) is 6.23 Å². The van der Waals surface area contributed by atoms with Gasteiger partial charge < -0.3 is 64.5 Å². The van der Waals surface area contributed by atoms with Crippen molar-refractivity contribution in [2.75, 3.05) is 33.2 Å². The third-order valence-electron chi connectivity index (χ3n) is 6.51. The van der Waals surface area contributed by atoms with E-state index in [0.717, 1.165) is 0 Å². The fraction of sp³-hybridized carbons (Fsp3) is 0.737. The Morgan fingerprint density at radius 1 is 1.10 bits per heavy atom. The van der Waals surface area contributed by atoms with Crippen molar-refractivity contribution in [3.8, 4) is 0 Å². The van der Waals surface area contributed by atoms with E-state index in [2.05, 4.69) is 19.3 Å². The van der Waals surface area contributed by atoms with E-state index in [-0.39, 0.29) is 5.82 Å². The summed E-state index contributed by atoms with van der Waals surface area (Å²) in [4.78, 5) is 33.0. The molecule has 2 aromatic rings. The highest BCUT2D eigenvalue weighted by Crippen LogP contribution is 2.61. The van der Waals surface area contributed by atoms with Gasteiger partial charge in [-0.05, 0) is 11.8 Å². The molecule has 2 saturated heterocycles. The van der Waals surface area contributed by atoms with E-state index in [0.29, 0.717) is 11.2 Å². The molecule has 4 rings (SSSR count). The molecule has 20 nitrogen and oxygen atoms in total. The van der Waals surface area contributed by atoms with Crippen molar-refractivity contribution in [2.45, 2.75) is 61.3 Å². The van der Waals surface area contributed by atoms with Gasteiger partial charge in [-0.3, -0.25) is 9.09 Å². The number of phosphoric ester groups is 1. The zero-order chi connectivity index (χ0) is 31.0. The third-order valence-corrected chi connectivity index (χ3v) is 10.0. The molecule has 2 aliphatic rings. The summed E-state index contributed by atoms with van der Waals surface area (Å²) in [6.07, 6.45) is -12.5. The SMILES string of the molecule is COC1[C@@H](OC)[C@@H](COP(O)(=S)OP(=O)(O)O[C@@H]2OC([C@H](O)CO)[C@@H](O)[C@H](O)C2O)O[C@H]1n1cnc2c(N)ncnc21. The van der Waals surface area contributed by atoms with E-state index < -0.39 is 89.1 Å². The molecule has 0 saturated carbocycles. The third kappa shape index (κ3) is 6.98. The standard InChI is InChI=1S/C19H31N5O15P2S/c1-33-14-8(36-18(15(14)34-2)24-6-23-9-16(20)21-5-22-17(9)24)4-35-41(32,42)39-40(30,31)38-19-12(29)10(27)11(28)13(37-19)7(26)3-25/h5-8,10-15,18-19,25-29H,3-4H2,1-2H3,(H,30,31)(H,32,42)(H2,20,21,22)/t7-,8-,10+,11+,12?,13?,14+,15?,18-,19+,41?/m1/s1. The molecule has 0 spiro atoms. The molecule has 42 heavy (non-hydrogen) atoms. The van der Waals surface area contributed by atoms with Gasteiger partial charge in [-0.2, -0.15) is 0 Å². The maximum absolute atomic E-state index is 12.6. The molecule has 4 heterocycles. The topological polar surface area (TPSA) is 293 Å². The van der Waals surface area contributed by atoms with Crippen molar-refractivity contribution in [3.63, 3.8) is 0 Å². The molecule has 23 heteroatoms. The molecule has 0 radical (unpaired) electrons. The van der Waals surface area contributed by atoms with Crippen molar-refractivity contribution in [1.29, 1.82) is 0 Å². The van der Waals surface area contributed by atoms with Gasteiger partial charge in [0, 0.05) is 14.2 Å². The number of aromatic nitrogens is 4. The zero-order valence-corrected chi connectivity index (χ0v) is 24.5. The van der Waals surface area contributed by atoms with E-state index in [1.807, 2.05) is 0 Å². The van der Waals surface area contributed by atoms with Crippen molar-refractivity contribution in [1.82, 2.24) is 19.5 Å². The molecule has 2 aromatic heterocycles. The summed E-state index contributed by atoms with van der Waals surface area (Å²) in [6, 6.07) is 0. The van der Waals surface area contributed by atoms with Gasteiger partial charge in [0.25, 0.3) is 0 Å². The van der Waals surface area contributed by atoms with Crippen molar-refractivity contribution in [3.05, 3.63) is 12.7 Å².